The van der Waals surface area contributed by atoms with Crippen molar-refractivity contribution in [1.82, 2.24) is 14.8 Å². The van der Waals surface area contributed by atoms with Crippen LogP contribution in [0.1, 0.15) is 23.4 Å². The predicted molar refractivity (Wildman–Crippen MR) is 124 cm³/mol. The van der Waals surface area contributed by atoms with Gasteiger partial charge in [0.05, 0.1) is 12.9 Å². The van der Waals surface area contributed by atoms with E-state index in [0.717, 1.165) is 51.7 Å². The molecule has 0 aliphatic heterocycles. The average Bonchev–Trinajstić information content (AvgIpc) is 3.06. The van der Waals surface area contributed by atoms with E-state index in [9.17, 15) is 4.79 Å². The van der Waals surface area contributed by atoms with Gasteiger partial charge in [-0.2, -0.15) is 0 Å². The molecule has 0 atom stereocenters. The summed E-state index contributed by atoms with van der Waals surface area (Å²) in [5.74, 6) is 2.05. The number of amides is 1. The van der Waals surface area contributed by atoms with E-state index in [0.29, 0.717) is 0 Å². The minimum atomic E-state index is -0.0717. The van der Waals surface area contributed by atoms with Gasteiger partial charge in [-0.15, -0.1) is 10.2 Å². The molecule has 3 aromatic rings. The summed E-state index contributed by atoms with van der Waals surface area (Å²) < 4.78 is 8.21. The third kappa shape index (κ3) is 6.09. The van der Waals surface area contributed by atoms with E-state index in [-0.39, 0.29) is 11.7 Å². The number of nitrogens with zero attached hydrogens (tertiary/aromatic N) is 3. The van der Waals surface area contributed by atoms with E-state index in [4.69, 9.17) is 4.74 Å². The second-order valence-electron chi connectivity index (χ2n) is 6.96. The number of thioether (sulfide) groups is 1. The highest BCUT2D eigenvalue weighted by molar-refractivity contribution is 9.10. The van der Waals surface area contributed by atoms with Crippen LogP contribution >= 0.6 is 27.7 Å². The van der Waals surface area contributed by atoms with Crippen molar-refractivity contribution >= 4 is 39.3 Å². The van der Waals surface area contributed by atoms with Gasteiger partial charge in [0, 0.05) is 23.6 Å². The molecule has 1 N–H and O–H groups in total. The Hall–Kier alpha value is -2.32. The van der Waals surface area contributed by atoms with Gasteiger partial charge in [-0.3, -0.25) is 4.79 Å². The smallest absolute Gasteiger partial charge is 0.234 e. The van der Waals surface area contributed by atoms with E-state index in [1.54, 1.807) is 7.11 Å². The third-order valence-corrected chi connectivity index (χ3v) is 6.20. The van der Waals surface area contributed by atoms with E-state index >= 15 is 0 Å². The number of aryl methyl sites for hydroxylation is 3. The van der Waals surface area contributed by atoms with Gasteiger partial charge in [0.25, 0.3) is 0 Å². The third-order valence-electron chi connectivity index (χ3n) is 4.69. The molecule has 1 amide bonds. The number of ether oxygens (including phenoxy) is 1. The Morgan fingerprint density at radius 2 is 2.03 bits per heavy atom. The molecule has 0 aliphatic carbocycles. The number of aromatic nitrogens is 3. The number of nitrogens with one attached hydrogen (secondary N) is 1. The highest BCUT2D eigenvalue weighted by Crippen LogP contribution is 2.21. The molecule has 0 fully saturated rings. The van der Waals surface area contributed by atoms with E-state index < -0.39 is 0 Å². The van der Waals surface area contributed by atoms with Crippen LogP contribution in [0.2, 0.25) is 0 Å². The van der Waals surface area contributed by atoms with Crippen LogP contribution in [0.3, 0.4) is 0 Å². The van der Waals surface area contributed by atoms with Gasteiger partial charge in [0.15, 0.2) is 5.16 Å². The lowest BCUT2D eigenvalue weighted by molar-refractivity contribution is -0.113. The molecule has 6 nitrogen and oxygen atoms in total. The second-order valence-corrected chi connectivity index (χ2v) is 8.82. The van der Waals surface area contributed by atoms with Crippen molar-refractivity contribution in [2.75, 3.05) is 18.2 Å². The molecule has 0 saturated carbocycles. The fourth-order valence-electron chi connectivity index (χ4n) is 3.13. The van der Waals surface area contributed by atoms with Gasteiger partial charge in [0.2, 0.25) is 5.91 Å². The Balaban J connectivity index is 1.48. The van der Waals surface area contributed by atoms with Crippen LogP contribution in [0.25, 0.3) is 0 Å². The Labute approximate surface area is 189 Å². The van der Waals surface area contributed by atoms with E-state index in [1.807, 2.05) is 41.9 Å². The monoisotopic (exact) mass is 488 g/mol. The minimum absolute atomic E-state index is 0.0717. The Morgan fingerprint density at radius 3 is 2.77 bits per heavy atom. The maximum absolute atomic E-state index is 12.2. The van der Waals surface area contributed by atoms with Crippen molar-refractivity contribution in [3.8, 4) is 5.75 Å². The maximum atomic E-state index is 12.2. The number of hydrogen-bond acceptors (Lipinski definition) is 5. The van der Waals surface area contributed by atoms with Gasteiger partial charge < -0.3 is 14.6 Å². The molecule has 30 heavy (non-hydrogen) atoms. The fourth-order valence-corrected chi connectivity index (χ4v) is 4.26. The standard InChI is InChI=1S/C22H25BrN4O2S/c1-15-12-16(10-11-19(15)29-3)6-4-9-20-25-26-22(27(20)2)30-14-21(28)24-18-8-5-7-17(23)13-18/h5,7-8,10-13H,4,6,9,14H2,1-3H3,(H,24,28). The molecule has 0 saturated heterocycles. The number of hydrogen-bond donors (Lipinski definition) is 1. The lowest BCUT2D eigenvalue weighted by Crippen LogP contribution is -2.14. The largest absolute Gasteiger partial charge is 0.496 e. The van der Waals surface area contributed by atoms with Crippen LogP contribution in [0.15, 0.2) is 52.1 Å². The number of benzene rings is 2. The van der Waals surface area contributed by atoms with Crippen LogP contribution in [0.5, 0.6) is 5.75 Å². The molecule has 1 heterocycles. The van der Waals surface area contributed by atoms with Crippen molar-refractivity contribution in [2.45, 2.75) is 31.3 Å². The summed E-state index contributed by atoms with van der Waals surface area (Å²) in [6.45, 7) is 2.06. The molecule has 2 aromatic carbocycles. The van der Waals surface area contributed by atoms with Crippen molar-refractivity contribution < 1.29 is 9.53 Å². The number of rotatable bonds is 9. The SMILES string of the molecule is COc1ccc(CCCc2nnc(SCC(=O)Nc3cccc(Br)c3)n2C)cc1C. The molecule has 0 bridgehead atoms. The highest BCUT2D eigenvalue weighted by Gasteiger charge is 2.12. The summed E-state index contributed by atoms with van der Waals surface area (Å²) in [5, 5.41) is 12.2. The Morgan fingerprint density at radius 1 is 1.20 bits per heavy atom. The molecule has 8 heteroatoms. The number of methoxy groups -OCH3 is 1. The Kier molecular flexibility index (Phi) is 7.93. The van der Waals surface area contributed by atoms with E-state index in [1.165, 1.54) is 17.3 Å². The van der Waals surface area contributed by atoms with Crippen molar-refractivity contribution in [3.05, 3.63) is 63.9 Å². The quantitative estimate of drug-likeness (QED) is 0.438. The normalized spacial score (nSPS) is 10.8. The molecule has 0 aliphatic rings. The van der Waals surface area contributed by atoms with Crippen molar-refractivity contribution in [2.24, 2.45) is 7.05 Å². The molecule has 158 valence electrons. The van der Waals surface area contributed by atoms with Gasteiger partial charge >= 0.3 is 0 Å². The summed E-state index contributed by atoms with van der Waals surface area (Å²) >= 11 is 4.79. The first-order valence-electron chi connectivity index (χ1n) is 9.66. The predicted octanol–water partition coefficient (Wildman–Crippen LogP) is 4.80. The van der Waals surface area contributed by atoms with E-state index in [2.05, 4.69) is 50.5 Å². The second kappa shape index (κ2) is 10.6. The zero-order chi connectivity index (χ0) is 21.5. The molecule has 0 unspecified atom stereocenters. The molecule has 1 aromatic heterocycles. The summed E-state index contributed by atoms with van der Waals surface area (Å²) in [5.41, 5.74) is 3.20. The lowest BCUT2D eigenvalue weighted by Gasteiger charge is -2.08. The van der Waals surface area contributed by atoms with Crippen LogP contribution in [-0.2, 0) is 24.7 Å². The van der Waals surface area contributed by atoms with Gasteiger partial charge in [-0.1, -0.05) is 45.9 Å². The summed E-state index contributed by atoms with van der Waals surface area (Å²) in [7, 11) is 3.64. The molecule has 0 spiro atoms. The highest BCUT2D eigenvalue weighted by atomic mass is 79.9. The first-order chi connectivity index (χ1) is 14.5. The van der Waals surface area contributed by atoms with Crippen LogP contribution in [0.4, 0.5) is 5.69 Å². The molecular formula is C22H25BrN4O2S. The summed E-state index contributed by atoms with van der Waals surface area (Å²) in [6.07, 6.45) is 2.78. The Bertz CT molecular complexity index is 1020. The number of carbonyl (C=O) groups is 1. The van der Waals surface area contributed by atoms with Crippen LogP contribution in [0, 0.1) is 6.92 Å². The van der Waals surface area contributed by atoms with Gasteiger partial charge in [-0.25, -0.2) is 0 Å². The first-order valence-corrected chi connectivity index (χ1v) is 11.4. The number of anilines is 1. The topological polar surface area (TPSA) is 69.0 Å². The molecule has 0 radical (unpaired) electrons. The minimum Gasteiger partial charge on any atom is -0.496 e. The number of carbonyl (C=O) groups excluding carboxylic acids is 1. The summed E-state index contributed by atoms with van der Waals surface area (Å²) in [4.78, 5) is 12.2. The van der Waals surface area contributed by atoms with Gasteiger partial charge in [-0.05, 0) is 55.2 Å². The first kappa shape index (κ1) is 22.4. The van der Waals surface area contributed by atoms with Crippen molar-refractivity contribution in [1.29, 1.82) is 0 Å². The van der Waals surface area contributed by atoms with Crippen LogP contribution in [-0.4, -0.2) is 33.5 Å². The number of halogens is 1. The molecular weight excluding hydrogens is 464 g/mol. The van der Waals surface area contributed by atoms with Crippen LogP contribution < -0.4 is 10.1 Å². The van der Waals surface area contributed by atoms with Gasteiger partial charge in [0.1, 0.15) is 11.6 Å². The average molecular weight is 489 g/mol. The zero-order valence-electron chi connectivity index (χ0n) is 17.3. The molecule has 3 rings (SSSR count). The van der Waals surface area contributed by atoms with Crippen molar-refractivity contribution in [3.63, 3.8) is 0 Å². The summed E-state index contributed by atoms with van der Waals surface area (Å²) in [6, 6.07) is 13.8. The lowest BCUT2D eigenvalue weighted by atomic mass is 10.0. The fraction of sp³-hybridized carbons (Fsp3) is 0.318. The maximum Gasteiger partial charge on any atom is 0.234 e. The zero-order valence-corrected chi connectivity index (χ0v) is 19.7.